The highest BCUT2D eigenvalue weighted by Crippen LogP contribution is 2.24. The van der Waals surface area contributed by atoms with Crippen molar-refractivity contribution in [3.8, 4) is 0 Å². The van der Waals surface area contributed by atoms with E-state index >= 15 is 0 Å². The number of benzene rings is 1. The second kappa shape index (κ2) is 6.52. The Kier molecular flexibility index (Phi) is 5.03. The predicted octanol–water partition coefficient (Wildman–Crippen LogP) is 0.257. The molecule has 1 aromatic carbocycles. The SMILES string of the molecule is COCCNC(=O)c1ccc([N+](=O)[O-])c(NN)c1. The van der Waals surface area contributed by atoms with E-state index in [4.69, 9.17) is 10.6 Å². The zero-order chi connectivity index (χ0) is 13.5. The summed E-state index contributed by atoms with van der Waals surface area (Å²) in [7, 11) is 1.52. The van der Waals surface area contributed by atoms with E-state index < -0.39 is 4.92 Å². The van der Waals surface area contributed by atoms with Crippen molar-refractivity contribution in [1.29, 1.82) is 0 Å². The first-order chi connectivity index (χ1) is 8.60. The summed E-state index contributed by atoms with van der Waals surface area (Å²) < 4.78 is 4.79. The first kappa shape index (κ1) is 13.9. The van der Waals surface area contributed by atoms with Crippen molar-refractivity contribution < 1.29 is 14.5 Å². The number of nitro groups is 1. The van der Waals surface area contributed by atoms with Crippen molar-refractivity contribution in [2.75, 3.05) is 25.7 Å². The molecule has 1 rings (SSSR count). The molecule has 0 atom stereocenters. The first-order valence-corrected chi connectivity index (χ1v) is 5.12. The molecule has 0 aliphatic carbocycles. The van der Waals surface area contributed by atoms with Crippen LogP contribution in [0.3, 0.4) is 0 Å². The number of carbonyl (C=O) groups excluding carboxylic acids is 1. The molecule has 0 aliphatic rings. The molecule has 0 aliphatic heterocycles. The van der Waals surface area contributed by atoms with E-state index in [0.717, 1.165) is 0 Å². The van der Waals surface area contributed by atoms with Gasteiger partial charge in [0.2, 0.25) is 0 Å². The number of rotatable bonds is 6. The average Bonchev–Trinajstić information content (AvgIpc) is 2.37. The fourth-order valence-corrected chi connectivity index (χ4v) is 1.32. The molecule has 0 aromatic heterocycles. The van der Waals surface area contributed by atoms with Gasteiger partial charge in [-0.05, 0) is 12.1 Å². The molecule has 8 heteroatoms. The summed E-state index contributed by atoms with van der Waals surface area (Å²) in [6, 6.07) is 3.90. The summed E-state index contributed by atoms with van der Waals surface area (Å²) in [5.41, 5.74) is 2.37. The molecule has 18 heavy (non-hydrogen) atoms. The third-order valence-electron chi connectivity index (χ3n) is 2.20. The largest absolute Gasteiger partial charge is 0.383 e. The Morgan fingerprint density at radius 3 is 2.83 bits per heavy atom. The Morgan fingerprint density at radius 1 is 1.56 bits per heavy atom. The summed E-state index contributed by atoms with van der Waals surface area (Å²) in [6.07, 6.45) is 0. The van der Waals surface area contributed by atoms with Gasteiger partial charge in [-0.25, -0.2) is 0 Å². The van der Waals surface area contributed by atoms with E-state index in [1.54, 1.807) is 0 Å². The Bertz CT molecular complexity index is 450. The van der Waals surface area contributed by atoms with Crippen molar-refractivity contribution in [2.24, 2.45) is 5.84 Å². The van der Waals surface area contributed by atoms with Crippen LogP contribution in [0.2, 0.25) is 0 Å². The molecule has 0 saturated carbocycles. The highest BCUT2D eigenvalue weighted by Gasteiger charge is 2.15. The minimum absolute atomic E-state index is 0.0828. The molecule has 0 spiro atoms. The maximum atomic E-state index is 11.7. The number of methoxy groups -OCH3 is 1. The highest BCUT2D eigenvalue weighted by atomic mass is 16.6. The number of anilines is 1. The normalized spacial score (nSPS) is 9.89. The highest BCUT2D eigenvalue weighted by molar-refractivity contribution is 5.95. The predicted molar refractivity (Wildman–Crippen MR) is 65.1 cm³/mol. The zero-order valence-corrected chi connectivity index (χ0v) is 9.80. The maximum absolute atomic E-state index is 11.7. The Hall–Kier alpha value is -2.19. The van der Waals surface area contributed by atoms with Gasteiger partial charge < -0.3 is 15.5 Å². The molecule has 0 unspecified atom stereocenters. The van der Waals surface area contributed by atoms with E-state index in [1.165, 1.54) is 25.3 Å². The summed E-state index contributed by atoms with van der Waals surface area (Å²) in [4.78, 5) is 21.7. The smallest absolute Gasteiger partial charge is 0.293 e. The molecule has 1 aromatic rings. The van der Waals surface area contributed by atoms with E-state index in [0.29, 0.717) is 13.2 Å². The van der Waals surface area contributed by atoms with Crippen molar-refractivity contribution in [3.63, 3.8) is 0 Å². The Labute approximate surface area is 103 Å². The van der Waals surface area contributed by atoms with Crippen molar-refractivity contribution in [3.05, 3.63) is 33.9 Å². The van der Waals surface area contributed by atoms with Gasteiger partial charge in [0.15, 0.2) is 0 Å². The van der Waals surface area contributed by atoms with Crippen LogP contribution >= 0.6 is 0 Å². The fraction of sp³-hybridized carbons (Fsp3) is 0.300. The lowest BCUT2D eigenvalue weighted by atomic mass is 10.1. The topological polar surface area (TPSA) is 120 Å². The van der Waals surface area contributed by atoms with Crippen LogP contribution in [0.5, 0.6) is 0 Å². The van der Waals surface area contributed by atoms with E-state index in [1.807, 2.05) is 0 Å². The minimum Gasteiger partial charge on any atom is -0.383 e. The van der Waals surface area contributed by atoms with Crippen LogP contribution in [0.1, 0.15) is 10.4 Å². The molecule has 0 bridgehead atoms. The van der Waals surface area contributed by atoms with Crippen molar-refractivity contribution in [2.45, 2.75) is 0 Å². The molecule has 98 valence electrons. The second-order valence-electron chi connectivity index (χ2n) is 3.38. The van der Waals surface area contributed by atoms with E-state index in [2.05, 4.69) is 10.7 Å². The summed E-state index contributed by atoms with van der Waals surface area (Å²) in [5, 5.41) is 13.3. The number of hydrazine groups is 1. The first-order valence-electron chi connectivity index (χ1n) is 5.12. The monoisotopic (exact) mass is 254 g/mol. The number of ether oxygens (including phenoxy) is 1. The maximum Gasteiger partial charge on any atom is 0.293 e. The third-order valence-corrected chi connectivity index (χ3v) is 2.20. The lowest BCUT2D eigenvalue weighted by molar-refractivity contribution is -0.384. The van der Waals surface area contributed by atoms with Crippen LogP contribution in [0.4, 0.5) is 11.4 Å². The molecule has 0 radical (unpaired) electrons. The van der Waals surface area contributed by atoms with Gasteiger partial charge >= 0.3 is 0 Å². The number of nitrogens with two attached hydrogens (primary N) is 1. The average molecular weight is 254 g/mol. The minimum atomic E-state index is -0.582. The van der Waals surface area contributed by atoms with Gasteiger partial charge in [0, 0.05) is 25.3 Å². The van der Waals surface area contributed by atoms with Gasteiger partial charge in [-0.15, -0.1) is 0 Å². The van der Waals surface area contributed by atoms with Gasteiger partial charge in [0.25, 0.3) is 11.6 Å². The summed E-state index contributed by atoms with van der Waals surface area (Å²) in [5.74, 6) is 4.82. The lowest BCUT2D eigenvalue weighted by Gasteiger charge is -2.07. The van der Waals surface area contributed by atoms with Crippen molar-refractivity contribution in [1.82, 2.24) is 5.32 Å². The van der Waals surface area contributed by atoms with E-state index in [9.17, 15) is 14.9 Å². The van der Waals surface area contributed by atoms with Crippen LogP contribution in [0.15, 0.2) is 18.2 Å². The molecule has 1 amide bonds. The molecular formula is C10H14N4O4. The Balaban J connectivity index is 2.85. The van der Waals surface area contributed by atoms with Gasteiger partial charge in [-0.1, -0.05) is 0 Å². The van der Waals surface area contributed by atoms with Crippen LogP contribution in [-0.4, -0.2) is 31.1 Å². The van der Waals surface area contributed by atoms with Crippen molar-refractivity contribution >= 4 is 17.3 Å². The number of hydrogen-bond donors (Lipinski definition) is 3. The number of nitrogen functional groups attached to an aromatic ring is 1. The summed E-state index contributed by atoms with van der Waals surface area (Å²) >= 11 is 0. The lowest BCUT2D eigenvalue weighted by Crippen LogP contribution is -2.27. The van der Waals surface area contributed by atoms with Gasteiger partial charge in [-0.3, -0.25) is 20.8 Å². The number of nitro benzene ring substituents is 1. The van der Waals surface area contributed by atoms with Gasteiger partial charge in [0.1, 0.15) is 5.69 Å². The van der Waals surface area contributed by atoms with Gasteiger partial charge in [-0.2, -0.15) is 0 Å². The number of carbonyl (C=O) groups is 1. The molecule has 0 saturated heterocycles. The number of nitrogens with one attached hydrogen (secondary N) is 2. The van der Waals surface area contributed by atoms with Crippen LogP contribution in [0.25, 0.3) is 0 Å². The van der Waals surface area contributed by atoms with E-state index in [-0.39, 0.29) is 22.8 Å². The number of nitrogens with zero attached hydrogens (tertiary/aromatic N) is 1. The molecule has 0 heterocycles. The third kappa shape index (κ3) is 3.40. The zero-order valence-electron chi connectivity index (χ0n) is 9.80. The van der Waals surface area contributed by atoms with Crippen LogP contribution in [-0.2, 0) is 4.74 Å². The fourth-order valence-electron chi connectivity index (χ4n) is 1.32. The quantitative estimate of drug-likeness (QED) is 0.290. The van der Waals surface area contributed by atoms with Crippen LogP contribution < -0.4 is 16.6 Å². The number of hydrogen-bond acceptors (Lipinski definition) is 6. The molecule has 4 N–H and O–H groups in total. The molecular weight excluding hydrogens is 240 g/mol. The second-order valence-corrected chi connectivity index (χ2v) is 3.38. The van der Waals surface area contributed by atoms with Crippen LogP contribution in [0, 0.1) is 10.1 Å². The standard InChI is InChI=1S/C10H14N4O4/c1-18-5-4-12-10(15)7-2-3-9(14(16)17)8(6-7)13-11/h2-3,6,13H,4-5,11H2,1H3,(H,12,15). The Morgan fingerprint density at radius 2 is 2.28 bits per heavy atom. The number of amides is 1. The molecule has 0 fully saturated rings. The van der Waals surface area contributed by atoms with Gasteiger partial charge in [0.05, 0.1) is 11.5 Å². The molecule has 8 nitrogen and oxygen atoms in total. The summed E-state index contributed by atoms with van der Waals surface area (Å²) in [6.45, 7) is 0.748.